The van der Waals surface area contributed by atoms with Crippen LogP contribution in [-0.4, -0.2) is 68.4 Å². The monoisotopic (exact) mass is 574 g/mol. The summed E-state index contributed by atoms with van der Waals surface area (Å²) >= 11 is 7.05. The lowest BCUT2D eigenvalue weighted by molar-refractivity contribution is -0.148. The van der Waals surface area contributed by atoms with E-state index in [1.54, 1.807) is 25.3 Å². The number of anilines is 1. The Hall–Kier alpha value is -2.02. The van der Waals surface area contributed by atoms with E-state index in [0.29, 0.717) is 24.2 Å². The molecule has 6 atom stereocenters. The van der Waals surface area contributed by atoms with E-state index >= 15 is 0 Å². The van der Waals surface area contributed by atoms with Crippen LogP contribution in [0.15, 0.2) is 6.33 Å². The van der Waals surface area contributed by atoms with Gasteiger partial charge < -0.3 is 19.9 Å². The van der Waals surface area contributed by atoms with Crippen molar-refractivity contribution < 1.29 is 32.6 Å². The van der Waals surface area contributed by atoms with Crippen LogP contribution in [0.25, 0.3) is 11.2 Å². The Morgan fingerprint density at radius 3 is 2.76 bits per heavy atom. The van der Waals surface area contributed by atoms with Crippen LogP contribution in [0.1, 0.15) is 54.2 Å². The molecule has 3 N–H and O–H groups in total. The van der Waals surface area contributed by atoms with Crippen molar-refractivity contribution in [2.45, 2.75) is 77.3 Å². The third kappa shape index (κ3) is 5.93. The number of fused-ring (bicyclic) bond motifs is 2. The molecule has 2 aliphatic rings. The molecular weight excluding hydrogens is 539 g/mol. The highest BCUT2D eigenvalue weighted by Crippen LogP contribution is 2.58. The quantitative estimate of drug-likeness (QED) is 0.242. The molecule has 212 valence electrons. The highest BCUT2D eigenvalue weighted by atomic mass is 35.5. The summed E-state index contributed by atoms with van der Waals surface area (Å²) in [6.45, 7) is 11.5. The van der Waals surface area contributed by atoms with Gasteiger partial charge in [-0.1, -0.05) is 27.7 Å². The van der Waals surface area contributed by atoms with E-state index in [0.717, 1.165) is 0 Å². The number of carbonyl (C=O) groups excluding carboxylic acids is 1. The number of rotatable bonds is 10. The molecule has 38 heavy (non-hydrogen) atoms. The number of hydrogen-bond donors (Lipinski definition) is 2. The van der Waals surface area contributed by atoms with E-state index in [1.165, 1.54) is 6.33 Å². The summed E-state index contributed by atoms with van der Waals surface area (Å²) in [4.78, 5) is 23.6. The zero-order valence-electron chi connectivity index (χ0n) is 22.4. The van der Waals surface area contributed by atoms with Crippen molar-refractivity contribution in [1.82, 2.24) is 24.6 Å². The summed E-state index contributed by atoms with van der Waals surface area (Å²) in [5.74, 6) is -0.116. The van der Waals surface area contributed by atoms with Crippen molar-refractivity contribution >= 4 is 42.4 Å². The van der Waals surface area contributed by atoms with Gasteiger partial charge in [0.15, 0.2) is 17.4 Å². The molecule has 0 spiro atoms. The molecule has 15 heteroatoms. The topological polar surface area (TPSA) is 162 Å². The highest BCUT2D eigenvalue weighted by Gasteiger charge is 2.60. The summed E-state index contributed by atoms with van der Waals surface area (Å²) in [6.07, 6.45) is -0.123. The van der Waals surface area contributed by atoms with Gasteiger partial charge in [0.2, 0.25) is 11.8 Å². The van der Waals surface area contributed by atoms with Crippen LogP contribution < -0.4 is 15.6 Å². The maximum atomic E-state index is 13.7. The molecule has 0 radical (unpaired) electrons. The Balaban J connectivity index is 1.55. The molecule has 4 heterocycles. The Bertz CT molecular complexity index is 1210. The fraction of sp³-hybridized carbons (Fsp3) is 0.739. The van der Waals surface area contributed by atoms with Crippen molar-refractivity contribution in [3.63, 3.8) is 0 Å². The number of halogens is 1. The summed E-state index contributed by atoms with van der Waals surface area (Å²) in [7, 11) is -3.83. The number of imidazole rings is 1. The van der Waals surface area contributed by atoms with E-state index in [2.05, 4.69) is 20.0 Å². The number of alkyl halides is 1. The Morgan fingerprint density at radius 1 is 1.37 bits per heavy atom. The minimum Gasteiger partial charge on any atom is -0.476 e. The molecule has 0 aromatic carbocycles. The molecule has 0 saturated carbocycles. The minimum absolute atomic E-state index is 0.0111. The van der Waals surface area contributed by atoms with E-state index in [-0.39, 0.29) is 42.8 Å². The van der Waals surface area contributed by atoms with Crippen LogP contribution in [0, 0.1) is 11.8 Å². The molecule has 4 rings (SSSR count). The van der Waals surface area contributed by atoms with Crippen molar-refractivity contribution in [3.8, 4) is 5.88 Å². The minimum atomic E-state index is -3.83. The van der Waals surface area contributed by atoms with E-state index in [1.807, 2.05) is 20.8 Å². The van der Waals surface area contributed by atoms with Crippen LogP contribution in [0.5, 0.6) is 5.88 Å². The lowest BCUT2D eigenvalue weighted by Gasteiger charge is -2.36. The lowest BCUT2D eigenvalue weighted by Crippen LogP contribution is -2.47. The third-order valence-corrected chi connectivity index (χ3v) is 8.35. The Labute approximate surface area is 226 Å². The van der Waals surface area contributed by atoms with Gasteiger partial charge >= 0.3 is 13.7 Å². The summed E-state index contributed by atoms with van der Waals surface area (Å²) in [5.41, 5.74) is 6.69. The van der Waals surface area contributed by atoms with Crippen molar-refractivity contribution in [3.05, 3.63) is 6.33 Å². The second kappa shape index (κ2) is 11.2. The number of nitrogens with two attached hydrogens (primary N) is 1. The number of nitrogens with one attached hydrogen (secondary N) is 1. The van der Waals surface area contributed by atoms with Crippen molar-refractivity contribution in [2.24, 2.45) is 11.8 Å². The van der Waals surface area contributed by atoms with Crippen LogP contribution in [0.3, 0.4) is 0 Å². The molecule has 0 aliphatic carbocycles. The predicted molar refractivity (Wildman–Crippen MR) is 140 cm³/mol. The zero-order valence-corrected chi connectivity index (χ0v) is 24.1. The first kappa shape index (κ1) is 29.0. The zero-order chi connectivity index (χ0) is 27.8. The SMILES string of the molecule is CCOc1nc(N)nc2c1ncn2[C@@H]1O[C@@H]2CO[P@@](=O)(N[C@@H](COC(=O)C(C)C)CC(C)C)O[C@H]2[C@@]1(C)Cl. The average molecular weight is 575 g/mol. The second-order valence-electron chi connectivity index (χ2n) is 10.4. The average Bonchev–Trinajstić information content (AvgIpc) is 3.34. The van der Waals surface area contributed by atoms with Gasteiger partial charge in [-0.05, 0) is 26.2 Å². The fourth-order valence-electron chi connectivity index (χ4n) is 4.54. The second-order valence-corrected chi connectivity index (χ2v) is 12.9. The number of aromatic nitrogens is 4. The van der Waals surface area contributed by atoms with Gasteiger partial charge in [0, 0.05) is 0 Å². The Kier molecular flexibility index (Phi) is 8.56. The lowest BCUT2D eigenvalue weighted by atomic mass is 10.0. The van der Waals surface area contributed by atoms with Gasteiger partial charge in [0.05, 0.1) is 31.5 Å². The molecule has 13 nitrogen and oxygen atoms in total. The molecule has 0 amide bonds. The number of ether oxygens (including phenoxy) is 3. The van der Waals surface area contributed by atoms with Crippen LogP contribution >= 0.6 is 19.3 Å². The van der Waals surface area contributed by atoms with E-state index < -0.39 is 37.1 Å². The Morgan fingerprint density at radius 2 is 2.11 bits per heavy atom. The van der Waals surface area contributed by atoms with Gasteiger partial charge in [-0.15, -0.1) is 11.6 Å². The van der Waals surface area contributed by atoms with Gasteiger partial charge in [-0.3, -0.25) is 18.4 Å². The van der Waals surface area contributed by atoms with Crippen molar-refractivity contribution in [1.29, 1.82) is 0 Å². The van der Waals surface area contributed by atoms with Crippen LogP contribution in [-0.2, 0) is 27.9 Å². The summed E-state index contributed by atoms with van der Waals surface area (Å²) < 4.78 is 44.2. The van der Waals surface area contributed by atoms with E-state index in [4.69, 9.17) is 40.6 Å². The number of nitrogen functional groups attached to an aromatic ring is 1. The van der Waals surface area contributed by atoms with Crippen LogP contribution in [0.4, 0.5) is 5.95 Å². The maximum Gasteiger partial charge on any atom is 0.406 e. The van der Waals surface area contributed by atoms with Gasteiger partial charge in [-0.25, -0.2) is 14.6 Å². The molecule has 0 bridgehead atoms. The first-order valence-electron chi connectivity index (χ1n) is 12.7. The normalized spacial score (nSPS) is 30.1. The molecule has 2 aromatic heterocycles. The molecule has 2 aromatic rings. The van der Waals surface area contributed by atoms with Gasteiger partial charge in [-0.2, -0.15) is 9.97 Å². The maximum absolute atomic E-state index is 13.7. The molecule has 0 unspecified atom stereocenters. The van der Waals surface area contributed by atoms with Crippen LogP contribution in [0.2, 0.25) is 0 Å². The van der Waals surface area contributed by atoms with Gasteiger partial charge in [0.25, 0.3) is 0 Å². The predicted octanol–water partition coefficient (Wildman–Crippen LogP) is 3.43. The van der Waals surface area contributed by atoms with Gasteiger partial charge in [0.1, 0.15) is 23.7 Å². The fourth-order valence-corrected chi connectivity index (χ4v) is 6.77. The standard InChI is InChI=1S/C23H36ClN6O7P/c1-7-33-19-16-18(27-22(25)28-19)30(11-26-16)21-23(6,24)17-15(36-21)10-35-38(32,37-17)29-14(8-12(2)3)9-34-20(31)13(4)5/h11-15,17,21H,7-10H2,1-6H3,(H,29,32)(H2,25,27,28)/t14-,15-,17-,21-,23-,38+/m1/s1. The first-order chi connectivity index (χ1) is 17.8. The molecular formula is C23H36ClN6O7P. The third-order valence-electron chi connectivity index (χ3n) is 6.28. The molecule has 2 saturated heterocycles. The largest absolute Gasteiger partial charge is 0.476 e. The molecule has 2 aliphatic heterocycles. The first-order valence-corrected chi connectivity index (χ1v) is 14.6. The van der Waals surface area contributed by atoms with Crippen molar-refractivity contribution in [2.75, 3.05) is 25.6 Å². The highest BCUT2D eigenvalue weighted by molar-refractivity contribution is 7.51. The number of carbonyl (C=O) groups is 1. The number of esters is 1. The van der Waals surface area contributed by atoms with E-state index in [9.17, 15) is 9.36 Å². The smallest absolute Gasteiger partial charge is 0.406 e. The molecule has 2 fully saturated rings. The summed E-state index contributed by atoms with van der Waals surface area (Å²) in [6, 6.07) is -0.450. The number of nitrogens with zero attached hydrogens (tertiary/aromatic N) is 4. The number of hydrogen-bond acceptors (Lipinski definition) is 11. The summed E-state index contributed by atoms with van der Waals surface area (Å²) in [5, 5.41) is 2.96.